The fraction of sp³-hybridized carbons (Fsp3) is 0.864. The maximum atomic E-state index is 10.5. The quantitative estimate of drug-likeness (QED) is 0.285. The fourth-order valence-corrected chi connectivity index (χ4v) is 4.06. The van der Waals surface area contributed by atoms with Crippen LogP contribution in [0.25, 0.3) is 0 Å². The van der Waals surface area contributed by atoms with Crippen molar-refractivity contribution in [2.24, 2.45) is 17.3 Å². The zero-order chi connectivity index (χ0) is 20.4. The van der Waals surface area contributed by atoms with E-state index >= 15 is 0 Å². The molecule has 0 aliphatic heterocycles. The molecule has 5 nitrogen and oxygen atoms in total. The van der Waals surface area contributed by atoms with Crippen LogP contribution in [0.1, 0.15) is 85.0 Å². The average molecular weight is 385 g/mol. The van der Waals surface area contributed by atoms with Crippen LogP contribution < -0.4 is 0 Å². The predicted octanol–water partition coefficient (Wildman–Crippen LogP) is 3.90. The first-order valence-electron chi connectivity index (χ1n) is 10.6. The van der Waals surface area contributed by atoms with E-state index in [1.807, 2.05) is 6.08 Å². The second-order valence-electron chi connectivity index (χ2n) is 8.88. The van der Waals surface area contributed by atoms with E-state index in [9.17, 15) is 20.1 Å². The minimum Gasteiger partial charge on any atom is -0.481 e. The number of rotatable bonds is 13. The number of hydrogen-bond donors (Lipinski definition) is 4. The Morgan fingerprint density at radius 3 is 2.41 bits per heavy atom. The number of hydrogen-bond acceptors (Lipinski definition) is 4. The highest BCUT2D eigenvalue weighted by Crippen LogP contribution is 2.38. The molecule has 0 amide bonds. The highest BCUT2D eigenvalue weighted by molar-refractivity contribution is 5.66. The first-order valence-corrected chi connectivity index (χ1v) is 10.6. The molecule has 1 aliphatic rings. The van der Waals surface area contributed by atoms with E-state index in [0.29, 0.717) is 12.8 Å². The minimum atomic E-state index is -0.755. The largest absolute Gasteiger partial charge is 0.481 e. The predicted molar refractivity (Wildman–Crippen MR) is 107 cm³/mol. The summed E-state index contributed by atoms with van der Waals surface area (Å²) < 4.78 is 0. The van der Waals surface area contributed by atoms with Crippen LogP contribution in [0, 0.1) is 17.3 Å². The number of carboxylic acid groups (broad SMARTS) is 1. The fourth-order valence-electron chi connectivity index (χ4n) is 4.06. The smallest absolute Gasteiger partial charge is 0.303 e. The summed E-state index contributed by atoms with van der Waals surface area (Å²) in [5, 5.41) is 39.8. The van der Waals surface area contributed by atoms with Gasteiger partial charge in [-0.2, -0.15) is 0 Å². The summed E-state index contributed by atoms with van der Waals surface area (Å²) in [7, 11) is 0. The van der Waals surface area contributed by atoms with Gasteiger partial charge < -0.3 is 20.4 Å². The van der Waals surface area contributed by atoms with E-state index < -0.39 is 24.3 Å². The van der Waals surface area contributed by atoms with Crippen molar-refractivity contribution >= 4 is 5.97 Å². The topological polar surface area (TPSA) is 98.0 Å². The summed E-state index contributed by atoms with van der Waals surface area (Å²) >= 11 is 0. The molecule has 0 radical (unpaired) electrons. The van der Waals surface area contributed by atoms with Gasteiger partial charge in [0.25, 0.3) is 0 Å². The number of carboxylic acids is 1. The molecule has 158 valence electrons. The van der Waals surface area contributed by atoms with Gasteiger partial charge >= 0.3 is 5.97 Å². The Bertz CT molecular complexity index is 460. The van der Waals surface area contributed by atoms with Crippen LogP contribution in [0.2, 0.25) is 0 Å². The van der Waals surface area contributed by atoms with E-state index in [-0.39, 0.29) is 23.7 Å². The molecule has 0 aromatic carbocycles. The lowest BCUT2D eigenvalue weighted by Crippen LogP contribution is -2.28. The first-order chi connectivity index (χ1) is 12.7. The summed E-state index contributed by atoms with van der Waals surface area (Å²) in [6, 6.07) is 0. The molecule has 0 saturated heterocycles. The maximum Gasteiger partial charge on any atom is 0.303 e. The van der Waals surface area contributed by atoms with Gasteiger partial charge in [-0.15, -0.1) is 0 Å². The zero-order valence-corrected chi connectivity index (χ0v) is 17.3. The third-order valence-corrected chi connectivity index (χ3v) is 6.08. The molecule has 0 spiro atoms. The summed E-state index contributed by atoms with van der Waals surface area (Å²) in [6.45, 7) is 6.26. The Morgan fingerprint density at radius 1 is 1.11 bits per heavy atom. The third kappa shape index (κ3) is 8.32. The normalized spacial score (nSPS) is 27.3. The minimum absolute atomic E-state index is 0.00155. The van der Waals surface area contributed by atoms with Gasteiger partial charge in [0.15, 0.2) is 0 Å². The molecule has 1 saturated carbocycles. The van der Waals surface area contributed by atoms with Crippen LogP contribution in [-0.2, 0) is 4.79 Å². The van der Waals surface area contributed by atoms with Crippen molar-refractivity contribution in [1.82, 2.24) is 0 Å². The van der Waals surface area contributed by atoms with Gasteiger partial charge in [0.05, 0.1) is 18.3 Å². The van der Waals surface area contributed by atoms with Crippen molar-refractivity contribution in [3.05, 3.63) is 12.2 Å². The Morgan fingerprint density at radius 2 is 1.78 bits per heavy atom. The van der Waals surface area contributed by atoms with E-state index in [0.717, 1.165) is 44.9 Å². The molecule has 1 aliphatic carbocycles. The van der Waals surface area contributed by atoms with Crippen LogP contribution in [-0.4, -0.2) is 44.7 Å². The van der Waals surface area contributed by atoms with Crippen molar-refractivity contribution in [2.75, 3.05) is 0 Å². The van der Waals surface area contributed by atoms with E-state index in [4.69, 9.17) is 5.11 Å². The van der Waals surface area contributed by atoms with Gasteiger partial charge in [0.2, 0.25) is 0 Å². The molecular formula is C22H40O5. The lowest BCUT2D eigenvalue weighted by Gasteiger charge is -2.29. The van der Waals surface area contributed by atoms with Gasteiger partial charge in [-0.05, 0) is 30.6 Å². The number of aliphatic hydroxyl groups excluding tert-OH is 3. The molecule has 27 heavy (non-hydrogen) atoms. The van der Waals surface area contributed by atoms with Crippen molar-refractivity contribution in [2.45, 2.75) is 103 Å². The molecule has 1 unspecified atom stereocenters. The van der Waals surface area contributed by atoms with Crippen LogP contribution in [0.5, 0.6) is 0 Å². The average Bonchev–Trinajstić information content (AvgIpc) is 2.86. The second-order valence-corrected chi connectivity index (χ2v) is 8.88. The van der Waals surface area contributed by atoms with Crippen LogP contribution in [0.3, 0.4) is 0 Å². The zero-order valence-electron chi connectivity index (χ0n) is 17.3. The molecule has 1 rings (SSSR count). The molecule has 5 heteroatoms. The molecule has 1 fully saturated rings. The molecule has 4 N–H and O–H groups in total. The standard InChI is InChI=1S/C22H40O5/c1-4-5-14-22(2,3)20(25)13-12-17-16(18(23)15-19(17)24)10-8-6-7-9-11-21(26)27/h12-13,16-20,23-25H,4-11,14-15H2,1-3H3,(H,26,27)/t16-,17-,18+,19-,20?/m1/s1. The number of unbranched alkanes of at least 4 members (excludes halogenated alkanes) is 4. The SMILES string of the molecule is CCCCC(C)(C)C(O)C=C[C@@H]1[C@@H](CCCCCCC(=O)O)[C@@H](O)C[C@H]1O. The van der Waals surface area contributed by atoms with Gasteiger partial charge in [-0.3, -0.25) is 4.79 Å². The van der Waals surface area contributed by atoms with Crippen LogP contribution >= 0.6 is 0 Å². The summed E-state index contributed by atoms with van der Waals surface area (Å²) in [5.74, 6) is -0.882. The van der Waals surface area contributed by atoms with Gasteiger partial charge in [-0.1, -0.05) is 65.0 Å². The second kappa shape index (κ2) is 11.8. The Labute approximate surface area is 164 Å². The summed E-state index contributed by atoms with van der Waals surface area (Å²) in [4.78, 5) is 10.5. The monoisotopic (exact) mass is 384 g/mol. The number of carbonyl (C=O) groups is 1. The maximum absolute atomic E-state index is 10.5. The van der Waals surface area contributed by atoms with Gasteiger partial charge in [0.1, 0.15) is 0 Å². The van der Waals surface area contributed by atoms with Gasteiger partial charge in [-0.25, -0.2) is 0 Å². The third-order valence-electron chi connectivity index (χ3n) is 6.08. The van der Waals surface area contributed by atoms with Crippen molar-refractivity contribution in [3.8, 4) is 0 Å². The van der Waals surface area contributed by atoms with Crippen LogP contribution in [0.15, 0.2) is 12.2 Å². The Hall–Kier alpha value is -0.910. The molecular weight excluding hydrogens is 344 g/mol. The van der Waals surface area contributed by atoms with E-state index in [1.54, 1.807) is 6.08 Å². The Kier molecular flexibility index (Phi) is 10.6. The number of aliphatic carboxylic acids is 1. The van der Waals surface area contributed by atoms with Crippen molar-refractivity contribution in [1.29, 1.82) is 0 Å². The van der Waals surface area contributed by atoms with Crippen molar-refractivity contribution < 1.29 is 25.2 Å². The summed E-state index contributed by atoms with van der Waals surface area (Å²) in [5.41, 5.74) is -0.200. The molecule has 0 bridgehead atoms. The van der Waals surface area contributed by atoms with Gasteiger partial charge in [0, 0.05) is 18.8 Å². The number of aliphatic hydroxyl groups is 3. The molecule has 0 aromatic rings. The van der Waals surface area contributed by atoms with Crippen LogP contribution in [0.4, 0.5) is 0 Å². The Balaban J connectivity index is 2.53. The van der Waals surface area contributed by atoms with E-state index in [2.05, 4.69) is 20.8 Å². The first kappa shape index (κ1) is 24.1. The lowest BCUT2D eigenvalue weighted by atomic mass is 9.80. The van der Waals surface area contributed by atoms with E-state index in [1.165, 1.54) is 0 Å². The summed E-state index contributed by atoms with van der Waals surface area (Å²) in [6.07, 6.45) is 10.0. The highest BCUT2D eigenvalue weighted by Gasteiger charge is 2.40. The lowest BCUT2D eigenvalue weighted by molar-refractivity contribution is -0.137. The molecule has 0 aromatic heterocycles. The highest BCUT2D eigenvalue weighted by atomic mass is 16.4. The molecule has 5 atom stereocenters. The van der Waals surface area contributed by atoms with Crippen molar-refractivity contribution in [3.63, 3.8) is 0 Å². The molecule has 0 heterocycles.